The fraction of sp³-hybridized carbons (Fsp3) is 0.538. The van der Waals surface area contributed by atoms with E-state index in [-0.39, 0.29) is 35.0 Å². The Morgan fingerprint density at radius 3 is 2.22 bits per heavy atom. The van der Waals surface area contributed by atoms with Crippen molar-refractivity contribution < 1.29 is 18.2 Å². The number of hydrogen-bond donors (Lipinski definition) is 1. The Bertz CT molecular complexity index is 577. The highest BCUT2D eigenvalue weighted by molar-refractivity contribution is 6.62. The van der Waals surface area contributed by atoms with E-state index in [4.69, 9.17) is 23.9 Å². The first-order chi connectivity index (χ1) is 9.53. The van der Waals surface area contributed by atoms with E-state index in [0.717, 1.165) is 0 Å². The maximum atomic E-state index is 8.17. The van der Waals surface area contributed by atoms with Crippen LogP contribution in [-0.2, 0) is 9.31 Å². The van der Waals surface area contributed by atoms with Crippen LogP contribution in [0.1, 0.15) is 31.8 Å². The molecule has 98 valence electrons. The summed E-state index contributed by atoms with van der Waals surface area (Å²) < 4.78 is 40.9. The van der Waals surface area contributed by atoms with Gasteiger partial charge in [-0.25, -0.2) is 0 Å². The van der Waals surface area contributed by atoms with Gasteiger partial charge in [-0.2, -0.15) is 0 Å². The molecule has 0 aromatic heterocycles. The first-order valence-electron chi connectivity index (χ1n) is 7.32. The van der Waals surface area contributed by atoms with Gasteiger partial charge in [-0.3, -0.25) is 0 Å². The lowest BCUT2D eigenvalue weighted by Crippen LogP contribution is -2.41. The topological polar surface area (TPSA) is 53.7 Å². The van der Waals surface area contributed by atoms with E-state index >= 15 is 0 Å². The number of methoxy groups -OCH3 is 1. The summed E-state index contributed by atoms with van der Waals surface area (Å²) in [5.41, 5.74) is 4.76. The molecule has 0 saturated carbocycles. The Morgan fingerprint density at radius 1 is 1.17 bits per heavy atom. The first-order valence-corrected chi connectivity index (χ1v) is 5.82. The zero-order valence-corrected chi connectivity index (χ0v) is 11.4. The smallest absolute Gasteiger partial charge is 0.495 e. The van der Waals surface area contributed by atoms with Crippen molar-refractivity contribution in [1.82, 2.24) is 0 Å². The third-order valence-corrected chi connectivity index (χ3v) is 3.46. The summed E-state index contributed by atoms with van der Waals surface area (Å²) in [4.78, 5) is 0. The molecule has 1 fully saturated rings. The van der Waals surface area contributed by atoms with Crippen LogP contribution in [0.15, 0.2) is 18.1 Å². The Morgan fingerprint density at radius 2 is 1.72 bits per heavy atom. The van der Waals surface area contributed by atoms with E-state index in [2.05, 4.69) is 0 Å². The van der Waals surface area contributed by atoms with Crippen LogP contribution in [0.5, 0.6) is 5.75 Å². The summed E-state index contributed by atoms with van der Waals surface area (Å²) in [5.74, 6) is 0.0215. The van der Waals surface area contributed by atoms with Gasteiger partial charge in [-0.1, -0.05) is 0 Å². The molecule has 0 spiro atoms. The van der Waals surface area contributed by atoms with Crippen molar-refractivity contribution in [2.45, 2.75) is 38.9 Å². The molecule has 1 aliphatic heterocycles. The monoisotopic (exact) mass is 252 g/mol. The van der Waals surface area contributed by atoms with Crippen molar-refractivity contribution in [3.63, 3.8) is 0 Å². The first kappa shape index (κ1) is 9.70. The van der Waals surface area contributed by atoms with Gasteiger partial charge in [0.2, 0.25) is 0 Å². The molecule has 1 aromatic carbocycles. The lowest BCUT2D eigenvalue weighted by molar-refractivity contribution is 0.00578. The number of nitrogens with two attached hydrogens (primary N) is 1. The molecule has 0 atom stereocenters. The van der Waals surface area contributed by atoms with E-state index in [1.807, 2.05) is 27.7 Å². The van der Waals surface area contributed by atoms with Crippen LogP contribution in [0.2, 0.25) is 0 Å². The predicted molar refractivity (Wildman–Crippen MR) is 73.1 cm³/mol. The lowest BCUT2D eigenvalue weighted by atomic mass is 9.79. The van der Waals surface area contributed by atoms with Crippen molar-refractivity contribution >= 4 is 18.3 Å². The molecule has 0 radical (unpaired) electrons. The summed E-state index contributed by atoms with van der Waals surface area (Å²) in [6.07, 6.45) is 0. The second-order valence-electron chi connectivity index (χ2n) is 5.32. The molecule has 2 rings (SSSR count). The molecule has 2 N–H and O–H groups in total. The number of anilines is 1. The van der Waals surface area contributed by atoms with E-state index in [1.54, 1.807) is 0 Å². The molecular weight excluding hydrogens is 229 g/mol. The Balaban J connectivity index is 2.59. The van der Waals surface area contributed by atoms with Gasteiger partial charge in [-0.05, 0) is 45.2 Å². The largest absolute Gasteiger partial charge is 0.497 e. The molecule has 4 nitrogen and oxygen atoms in total. The van der Waals surface area contributed by atoms with Crippen molar-refractivity contribution in [2.75, 3.05) is 12.8 Å². The molecule has 1 saturated heterocycles. The minimum Gasteiger partial charge on any atom is -0.497 e. The SMILES string of the molecule is [2H]c1c(N)c([2H])c(B2OC(C)(C)C(C)(C)O2)c([2H])c1OC. The normalized spacial score (nSPS) is 23.4. The Labute approximate surface area is 113 Å². The van der Waals surface area contributed by atoms with E-state index < -0.39 is 18.3 Å². The van der Waals surface area contributed by atoms with E-state index in [9.17, 15) is 0 Å². The maximum Gasteiger partial charge on any atom is 0.495 e. The second kappa shape index (κ2) is 4.18. The summed E-state index contributed by atoms with van der Waals surface area (Å²) >= 11 is 0. The molecule has 18 heavy (non-hydrogen) atoms. The minimum atomic E-state index is -0.883. The third kappa shape index (κ3) is 2.20. The van der Waals surface area contributed by atoms with Gasteiger partial charge >= 0.3 is 7.12 Å². The molecular formula is C13H20BNO3. The summed E-state index contributed by atoms with van der Waals surface area (Å²) in [5, 5.41) is 0. The quantitative estimate of drug-likeness (QED) is 0.641. The molecule has 5 heteroatoms. The summed E-state index contributed by atoms with van der Waals surface area (Å²) in [6.45, 7) is 7.55. The molecule has 0 unspecified atom stereocenters. The Kier molecular flexibility index (Phi) is 2.25. The fourth-order valence-corrected chi connectivity index (χ4v) is 1.66. The number of ether oxygens (including phenoxy) is 1. The third-order valence-electron chi connectivity index (χ3n) is 3.46. The van der Waals surface area contributed by atoms with Crippen LogP contribution in [0.25, 0.3) is 0 Å². The number of nitrogen functional groups attached to an aromatic ring is 1. The van der Waals surface area contributed by atoms with Crippen molar-refractivity contribution in [2.24, 2.45) is 0 Å². The van der Waals surface area contributed by atoms with Gasteiger partial charge in [0.15, 0.2) is 0 Å². The molecule has 1 aromatic rings. The van der Waals surface area contributed by atoms with Crippen LogP contribution >= 0.6 is 0 Å². The van der Waals surface area contributed by atoms with Crippen LogP contribution in [0, 0.1) is 0 Å². The molecule has 0 bridgehead atoms. The van der Waals surface area contributed by atoms with Crippen LogP contribution in [0.4, 0.5) is 5.69 Å². The summed E-state index contributed by atoms with van der Waals surface area (Å²) in [7, 11) is 0.481. The molecule has 0 aliphatic carbocycles. The number of rotatable bonds is 2. The maximum absolute atomic E-state index is 8.17. The standard InChI is InChI=1S/C13H20BNO3/c1-12(2)13(3,4)18-14(17-12)9-6-10(15)8-11(7-9)16-5/h6-8H,15H2,1-5H3/i6D,7D,8D. The van der Waals surface area contributed by atoms with Gasteiger partial charge in [-0.15, -0.1) is 0 Å². The van der Waals surface area contributed by atoms with Gasteiger partial charge in [0.1, 0.15) is 5.75 Å². The molecule has 0 amide bonds. The Hall–Kier alpha value is -1.20. The van der Waals surface area contributed by atoms with Crippen LogP contribution in [-0.4, -0.2) is 25.4 Å². The zero-order valence-electron chi connectivity index (χ0n) is 14.4. The van der Waals surface area contributed by atoms with Crippen molar-refractivity contribution in [1.29, 1.82) is 0 Å². The fourth-order valence-electron chi connectivity index (χ4n) is 1.66. The number of hydrogen-bond acceptors (Lipinski definition) is 4. The summed E-state index contributed by atoms with van der Waals surface area (Å²) in [6, 6.07) is -0.378. The van der Waals surface area contributed by atoms with Crippen molar-refractivity contribution in [3.05, 3.63) is 18.1 Å². The lowest BCUT2D eigenvalue weighted by Gasteiger charge is -2.32. The zero-order chi connectivity index (χ0) is 16.2. The van der Waals surface area contributed by atoms with Crippen molar-refractivity contribution in [3.8, 4) is 5.75 Å². The highest BCUT2D eigenvalue weighted by Crippen LogP contribution is 2.36. The highest BCUT2D eigenvalue weighted by Gasteiger charge is 2.51. The highest BCUT2D eigenvalue weighted by atomic mass is 16.7. The van der Waals surface area contributed by atoms with Crippen LogP contribution in [0.3, 0.4) is 0 Å². The van der Waals surface area contributed by atoms with Gasteiger partial charge < -0.3 is 19.8 Å². The van der Waals surface area contributed by atoms with Gasteiger partial charge in [0, 0.05) is 11.7 Å². The van der Waals surface area contributed by atoms with Crippen LogP contribution < -0.4 is 15.9 Å². The predicted octanol–water partition coefficient (Wildman–Crippen LogP) is 1.58. The molecule has 1 heterocycles. The molecule has 1 aliphatic rings. The minimum absolute atomic E-state index is 0.0215. The van der Waals surface area contributed by atoms with E-state index in [0.29, 0.717) is 0 Å². The second-order valence-corrected chi connectivity index (χ2v) is 5.32. The van der Waals surface area contributed by atoms with Gasteiger partial charge in [0.05, 0.1) is 22.4 Å². The van der Waals surface area contributed by atoms with E-state index in [1.165, 1.54) is 7.11 Å². The van der Waals surface area contributed by atoms with Gasteiger partial charge in [0.25, 0.3) is 0 Å². The number of benzene rings is 1. The average Bonchev–Trinajstić information content (AvgIpc) is 2.56. The average molecular weight is 252 g/mol.